The number of amides is 1. The Morgan fingerprint density at radius 1 is 1.27 bits per heavy atom. The Labute approximate surface area is 173 Å². The number of hydrogen-bond acceptors (Lipinski definition) is 6. The largest absolute Gasteiger partial charge is 0.506 e. The van der Waals surface area contributed by atoms with Crippen LogP contribution in [0.15, 0.2) is 46.0 Å². The van der Waals surface area contributed by atoms with E-state index in [4.69, 9.17) is 16.3 Å². The molecule has 1 amide bonds. The number of nitrogens with zero attached hydrogens (tertiary/aromatic N) is 3. The van der Waals surface area contributed by atoms with Gasteiger partial charge in [0.2, 0.25) is 5.91 Å². The van der Waals surface area contributed by atoms with Crippen molar-refractivity contribution in [3.8, 4) is 17.3 Å². The van der Waals surface area contributed by atoms with E-state index in [1.54, 1.807) is 0 Å². The van der Waals surface area contributed by atoms with E-state index >= 15 is 0 Å². The van der Waals surface area contributed by atoms with Crippen LogP contribution in [0.5, 0.6) is 11.6 Å². The Hall–Kier alpha value is -3.66. The maximum absolute atomic E-state index is 14.0. The van der Waals surface area contributed by atoms with Gasteiger partial charge in [-0.25, -0.2) is 13.8 Å². The molecule has 0 fully saturated rings. The van der Waals surface area contributed by atoms with Crippen molar-refractivity contribution in [2.45, 2.75) is 13.5 Å². The minimum atomic E-state index is -0.837. The molecule has 0 bridgehead atoms. The normalized spacial score (nSPS) is 10.7. The third kappa shape index (κ3) is 4.18. The topological polar surface area (TPSA) is 115 Å². The first-order valence-electron chi connectivity index (χ1n) is 8.54. The number of methoxy groups -OCH3 is 1. The fraction of sp³-hybridized carbons (Fsp3) is 0.158. The highest BCUT2D eigenvalue weighted by Crippen LogP contribution is 2.24. The summed E-state index contributed by atoms with van der Waals surface area (Å²) in [6.45, 7) is 1.00. The second-order valence-corrected chi connectivity index (χ2v) is 6.63. The van der Waals surface area contributed by atoms with Crippen LogP contribution in [0.3, 0.4) is 0 Å². The van der Waals surface area contributed by atoms with Crippen LogP contribution in [0.1, 0.15) is 12.5 Å². The minimum absolute atomic E-state index is 0.0937. The Morgan fingerprint density at radius 2 is 2.00 bits per heavy atom. The molecular formula is C19H16ClFN4O5. The number of benzene rings is 2. The van der Waals surface area contributed by atoms with Gasteiger partial charge in [0.15, 0.2) is 0 Å². The van der Waals surface area contributed by atoms with E-state index in [-0.39, 0.29) is 34.6 Å². The third-order valence-corrected chi connectivity index (χ3v) is 4.40. The number of hydrogen-bond donors (Lipinski definition) is 2. The Balaban J connectivity index is 2.16. The summed E-state index contributed by atoms with van der Waals surface area (Å²) >= 11 is 5.79. The number of phenolic OH excluding ortho intramolecular Hbond substituents is 1. The number of rotatable bonds is 5. The monoisotopic (exact) mass is 434 g/mol. The van der Waals surface area contributed by atoms with Crippen LogP contribution >= 0.6 is 11.6 Å². The molecule has 0 spiro atoms. The molecular weight excluding hydrogens is 419 g/mol. The van der Waals surface area contributed by atoms with Crippen molar-refractivity contribution in [3.63, 3.8) is 0 Å². The van der Waals surface area contributed by atoms with E-state index < -0.39 is 23.0 Å². The van der Waals surface area contributed by atoms with Gasteiger partial charge in [0.05, 0.1) is 30.1 Å². The Kier molecular flexibility index (Phi) is 5.88. The molecule has 3 aromatic rings. The molecule has 156 valence electrons. The van der Waals surface area contributed by atoms with Crippen molar-refractivity contribution in [2.75, 3.05) is 12.4 Å². The number of anilines is 1. The molecule has 0 aliphatic rings. The summed E-state index contributed by atoms with van der Waals surface area (Å²) in [6.07, 6.45) is 0. The van der Waals surface area contributed by atoms with Gasteiger partial charge >= 0.3 is 11.2 Å². The van der Waals surface area contributed by atoms with Gasteiger partial charge in [-0.2, -0.15) is 4.68 Å². The lowest BCUT2D eigenvalue weighted by Gasteiger charge is -2.13. The fourth-order valence-corrected chi connectivity index (χ4v) is 2.82. The average molecular weight is 435 g/mol. The van der Waals surface area contributed by atoms with Crippen LogP contribution in [0.2, 0.25) is 5.02 Å². The maximum atomic E-state index is 14.0. The smallest absolute Gasteiger partial charge is 0.352 e. The van der Waals surface area contributed by atoms with Gasteiger partial charge in [-0.1, -0.05) is 17.7 Å². The molecule has 0 saturated heterocycles. The lowest BCUT2D eigenvalue weighted by molar-refractivity contribution is -0.114. The Bertz CT molecular complexity index is 1250. The number of nitrogens with one attached hydrogen (secondary N) is 1. The molecule has 0 saturated carbocycles. The summed E-state index contributed by atoms with van der Waals surface area (Å²) in [7, 11) is 1.21. The molecule has 0 atom stereocenters. The maximum Gasteiger partial charge on any atom is 0.352 e. The lowest BCUT2D eigenvalue weighted by Crippen LogP contribution is -2.41. The zero-order chi connectivity index (χ0) is 22.0. The summed E-state index contributed by atoms with van der Waals surface area (Å²) in [5.74, 6) is -1.80. The standard InChI is InChI=1S/C19H16ClFN4O5/c1-10(26)22-15-8-12(4-6-14(15)21)25-19(29)24(18(28)17(23-25)30-2)9-11-3-5-13(20)16(27)7-11/h3-8,27H,9H2,1-2H3,(H,22,26). The number of ether oxygens (including phenoxy) is 1. The molecule has 1 aromatic heterocycles. The van der Waals surface area contributed by atoms with E-state index in [0.29, 0.717) is 5.56 Å². The van der Waals surface area contributed by atoms with E-state index in [2.05, 4.69) is 10.4 Å². The van der Waals surface area contributed by atoms with E-state index in [9.17, 15) is 23.9 Å². The summed E-state index contributed by atoms with van der Waals surface area (Å²) < 4.78 is 20.6. The number of carbonyl (C=O) groups excluding carboxylic acids is 1. The first kappa shape index (κ1) is 21.1. The third-order valence-electron chi connectivity index (χ3n) is 4.08. The number of aromatic nitrogens is 3. The van der Waals surface area contributed by atoms with Gasteiger partial charge in [-0.3, -0.25) is 9.59 Å². The molecule has 3 rings (SSSR count). The summed E-state index contributed by atoms with van der Waals surface area (Å²) in [5, 5.41) is 16.1. The molecule has 9 nitrogen and oxygen atoms in total. The second-order valence-electron chi connectivity index (χ2n) is 6.23. The van der Waals surface area contributed by atoms with Gasteiger partial charge < -0.3 is 15.2 Å². The predicted molar refractivity (Wildman–Crippen MR) is 107 cm³/mol. The molecule has 0 aliphatic heterocycles. The Morgan fingerprint density at radius 3 is 2.63 bits per heavy atom. The molecule has 0 unspecified atom stereocenters. The number of halogens is 2. The number of aromatic hydroxyl groups is 1. The van der Waals surface area contributed by atoms with Gasteiger partial charge in [0.1, 0.15) is 11.6 Å². The first-order chi connectivity index (χ1) is 14.2. The zero-order valence-corrected chi connectivity index (χ0v) is 16.6. The van der Waals surface area contributed by atoms with Crippen molar-refractivity contribution in [1.82, 2.24) is 14.3 Å². The highest BCUT2D eigenvalue weighted by molar-refractivity contribution is 6.32. The van der Waals surface area contributed by atoms with Crippen molar-refractivity contribution in [3.05, 3.63) is 73.6 Å². The number of phenols is 1. The quantitative estimate of drug-likeness (QED) is 0.633. The summed E-state index contributed by atoms with van der Waals surface area (Å²) in [6, 6.07) is 7.79. The van der Waals surface area contributed by atoms with Crippen LogP contribution in [-0.4, -0.2) is 32.5 Å². The van der Waals surface area contributed by atoms with Gasteiger partial charge in [0, 0.05) is 6.92 Å². The van der Waals surface area contributed by atoms with Crippen LogP contribution < -0.4 is 21.3 Å². The van der Waals surface area contributed by atoms with Crippen molar-refractivity contribution >= 4 is 23.2 Å². The summed E-state index contributed by atoms with van der Waals surface area (Å²) in [4.78, 5) is 36.8. The van der Waals surface area contributed by atoms with Crippen LogP contribution in [0.25, 0.3) is 5.69 Å². The SMILES string of the molecule is COc1nn(-c2ccc(F)c(NC(C)=O)c2)c(=O)n(Cc2ccc(Cl)c(O)c2)c1=O. The van der Waals surface area contributed by atoms with E-state index in [1.807, 2.05) is 0 Å². The van der Waals surface area contributed by atoms with Gasteiger partial charge in [0.25, 0.3) is 5.88 Å². The molecule has 2 N–H and O–H groups in total. The van der Waals surface area contributed by atoms with Crippen molar-refractivity contribution in [1.29, 1.82) is 0 Å². The molecule has 1 heterocycles. The fourth-order valence-electron chi connectivity index (χ4n) is 2.70. The van der Waals surface area contributed by atoms with Crippen molar-refractivity contribution < 1.29 is 19.0 Å². The first-order valence-corrected chi connectivity index (χ1v) is 8.92. The molecule has 2 aromatic carbocycles. The predicted octanol–water partition coefficient (Wildman–Crippen LogP) is 1.91. The molecule has 0 radical (unpaired) electrons. The second kappa shape index (κ2) is 8.37. The van der Waals surface area contributed by atoms with Gasteiger partial charge in [-0.15, -0.1) is 5.10 Å². The minimum Gasteiger partial charge on any atom is -0.506 e. The highest BCUT2D eigenvalue weighted by atomic mass is 35.5. The number of carbonyl (C=O) groups is 1. The highest BCUT2D eigenvalue weighted by Gasteiger charge is 2.17. The van der Waals surface area contributed by atoms with E-state index in [0.717, 1.165) is 15.3 Å². The molecule has 30 heavy (non-hydrogen) atoms. The molecule has 0 aliphatic carbocycles. The van der Waals surface area contributed by atoms with Crippen molar-refractivity contribution in [2.24, 2.45) is 0 Å². The summed E-state index contributed by atoms with van der Waals surface area (Å²) in [5.41, 5.74) is -1.27. The average Bonchev–Trinajstić information content (AvgIpc) is 2.69. The van der Waals surface area contributed by atoms with Crippen LogP contribution in [-0.2, 0) is 11.3 Å². The van der Waals surface area contributed by atoms with Crippen LogP contribution in [0, 0.1) is 5.82 Å². The van der Waals surface area contributed by atoms with Crippen LogP contribution in [0.4, 0.5) is 10.1 Å². The lowest BCUT2D eigenvalue weighted by atomic mass is 10.2. The molecule has 11 heteroatoms. The van der Waals surface area contributed by atoms with E-state index in [1.165, 1.54) is 44.4 Å². The zero-order valence-electron chi connectivity index (χ0n) is 15.8. The van der Waals surface area contributed by atoms with Gasteiger partial charge in [-0.05, 0) is 35.9 Å².